The molecule has 10 nitrogen and oxygen atoms in total. The Labute approximate surface area is 234 Å². The maximum Gasteiger partial charge on any atom is 0.298 e. The number of fused-ring (bicyclic) bond motifs is 1. The third-order valence-electron chi connectivity index (χ3n) is 6.86. The first-order valence-electron chi connectivity index (χ1n) is 12.6. The third kappa shape index (κ3) is 4.93. The third-order valence-corrected chi connectivity index (χ3v) is 6.86. The van der Waals surface area contributed by atoms with Gasteiger partial charge in [0.15, 0.2) is 0 Å². The average Bonchev–Trinajstić information content (AvgIpc) is 3.39. The molecule has 2 aromatic heterocycles. The van der Waals surface area contributed by atoms with Gasteiger partial charge in [-0.3, -0.25) is 14.3 Å². The SMILES string of the molecule is CNc1cc(C(F)(F)c2ccc(N3C(=O)c4c(NC(=O)c5ccc(OC)c(C#N)c5)cnn4CC3C)cc2)ccn1. The number of carbonyl (C=O) groups excluding carboxylic acids is 2. The number of alkyl halides is 2. The molecule has 3 heterocycles. The van der Waals surface area contributed by atoms with Gasteiger partial charge in [0.2, 0.25) is 0 Å². The number of nitriles is 1. The van der Waals surface area contributed by atoms with E-state index in [4.69, 9.17) is 4.74 Å². The number of ether oxygens (including phenoxy) is 1. The summed E-state index contributed by atoms with van der Waals surface area (Å²) in [7, 11) is 3.02. The quantitative estimate of drug-likeness (QED) is 0.339. The lowest BCUT2D eigenvalue weighted by atomic mass is 10.00. The number of rotatable bonds is 7. The van der Waals surface area contributed by atoms with Gasteiger partial charge in [-0.05, 0) is 49.4 Å². The number of hydrogen-bond donors (Lipinski definition) is 2. The molecule has 1 unspecified atom stereocenters. The van der Waals surface area contributed by atoms with E-state index in [1.165, 1.54) is 83.7 Å². The van der Waals surface area contributed by atoms with Crippen molar-refractivity contribution in [3.8, 4) is 11.8 Å². The van der Waals surface area contributed by atoms with E-state index < -0.39 is 17.7 Å². The number of pyridine rings is 1. The molecule has 0 saturated carbocycles. The highest BCUT2D eigenvalue weighted by Gasteiger charge is 2.37. The van der Waals surface area contributed by atoms with Crippen LogP contribution in [0, 0.1) is 11.3 Å². The highest BCUT2D eigenvalue weighted by atomic mass is 19.3. The summed E-state index contributed by atoms with van der Waals surface area (Å²) >= 11 is 0. The van der Waals surface area contributed by atoms with E-state index in [2.05, 4.69) is 20.7 Å². The molecule has 0 radical (unpaired) electrons. The van der Waals surface area contributed by atoms with E-state index in [0.29, 0.717) is 23.8 Å². The first-order chi connectivity index (χ1) is 19.7. The topological polar surface area (TPSA) is 125 Å². The molecule has 0 spiro atoms. The summed E-state index contributed by atoms with van der Waals surface area (Å²) in [5, 5.41) is 19.1. The Morgan fingerprint density at radius 3 is 2.59 bits per heavy atom. The zero-order valence-electron chi connectivity index (χ0n) is 22.4. The van der Waals surface area contributed by atoms with Crippen molar-refractivity contribution in [2.75, 3.05) is 29.7 Å². The lowest BCUT2D eigenvalue weighted by molar-refractivity contribution is 0.0428. The van der Waals surface area contributed by atoms with E-state index in [1.807, 2.05) is 13.0 Å². The van der Waals surface area contributed by atoms with Crippen molar-refractivity contribution in [2.24, 2.45) is 0 Å². The molecule has 41 heavy (non-hydrogen) atoms. The Hall–Kier alpha value is -5.31. The molecule has 208 valence electrons. The highest BCUT2D eigenvalue weighted by molar-refractivity contribution is 6.13. The van der Waals surface area contributed by atoms with Gasteiger partial charge in [0.05, 0.1) is 37.1 Å². The van der Waals surface area contributed by atoms with E-state index in [1.54, 1.807) is 7.05 Å². The minimum atomic E-state index is -3.28. The number of benzene rings is 2. The van der Waals surface area contributed by atoms with Crippen LogP contribution in [0.15, 0.2) is 67.0 Å². The van der Waals surface area contributed by atoms with Gasteiger partial charge in [0.25, 0.3) is 17.7 Å². The number of anilines is 3. The fraction of sp³-hybridized carbons (Fsp3) is 0.207. The average molecular weight is 558 g/mol. The number of halogens is 2. The Kier molecular flexibility index (Phi) is 7.11. The first kappa shape index (κ1) is 27.3. The molecule has 4 aromatic rings. The van der Waals surface area contributed by atoms with Crippen LogP contribution in [0.2, 0.25) is 0 Å². The van der Waals surface area contributed by atoms with Crippen LogP contribution in [-0.2, 0) is 12.5 Å². The summed E-state index contributed by atoms with van der Waals surface area (Å²) in [5.41, 5.74) is 0.697. The predicted octanol–water partition coefficient (Wildman–Crippen LogP) is 4.64. The number of nitrogens with one attached hydrogen (secondary N) is 2. The van der Waals surface area contributed by atoms with E-state index in [0.717, 1.165) is 0 Å². The van der Waals surface area contributed by atoms with Crippen molar-refractivity contribution in [3.63, 3.8) is 0 Å². The minimum absolute atomic E-state index is 0.149. The summed E-state index contributed by atoms with van der Waals surface area (Å²) in [6, 6.07) is 14.1. The predicted molar refractivity (Wildman–Crippen MR) is 147 cm³/mol. The summed E-state index contributed by atoms with van der Waals surface area (Å²) in [6.07, 6.45) is 2.70. The van der Waals surface area contributed by atoms with Gasteiger partial charge in [-0.25, -0.2) is 4.98 Å². The Balaban J connectivity index is 1.40. The van der Waals surface area contributed by atoms with E-state index in [-0.39, 0.29) is 39.7 Å². The second kappa shape index (κ2) is 10.7. The normalized spacial score (nSPS) is 14.7. The number of hydrogen-bond acceptors (Lipinski definition) is 7. The second-order valence-electron chi connectivity index (χ2n) is 9.40. The number of aromatic nitrogens is 3. The lowest BCUT2D eigenvalue weighted by Crippen LogP contribution is -2.47. The Morgan fingerprint density at radius 2 is 1.90 bits per heavy atom. The van der Waals surface area contributed by atoms with Crippen molar-refractivity contribution in [2.45, 2.75) is 25.4 Å². The fourth-order valence-corrected chi connectivity index (χ4v) is 4.75. The molecule has 0 bridgehead atoms. The van der Waals surface area contributed by atoms with Crippen molar-refractivity contribution >= 4 is 29.0 Å². The zero-order chi connectivity index (χ0) is 29.3. The largest absolute Gasteiger partial charge is 0.495 e. The standard InChI is InChI=1S/C29H25F2N7O3/c1-17-16-37-26(23(15-35-37)36-27(39)18-4-9-24(41-3)19(12-18)14-32)28(40)38(17)22-7-5-20(6-8-22)29(30,31)21-10-11-34-25(13-21)33-2/h4-13,15,17H,16H2,1-3H3,(H,33,34)(H,36,39). The molecule has 0 saturated heterocycles. The molecule has 2 aromatic carbocycles. The van der Waals surface area contributed by atoms with Gasteiger partial charge in [-0.2, -0.15) is 19.1 Å². The maximum atomic E-state index is 15.3. The smallest absolute Gasteiger partial charge is 0.298 e. The van der Waals surface area contributed by atoms with Crippen molar-refractivity contribution in [1.29, 1.82) is 5.26 Å². The summed E-state index contributed by atoms with van der Waals surface area (Å²) in [4.78, 5) is 32.1. The van der Waals surface area contributed by atoms with Crippen molar-refractivity contribution in [1.82, 2.24) is 14.8 Å². The van der Waals surface area contributed by atoms with Crippen LogP contribution in [0.5, 0.6) is 5.75 Å². The summed E-state index contributed by atoms with van der Waals surface area (Å²) in [6.45, 7) is 2.14. The number of carbonyl (C=O) groups is 2. The van der Waals surface area contributed by atoms with Crippen LogP contribution in [0.3, 0.4) is 0 Å². The van der Waals surface area contributed by atoms with Gasteiger partial charge >= 0.3 is 0 Å². The molecule has 0 fully saturated rings. The zero-order valence-corrected chi connectivity index (χ0v) is 22.4. The van der Waals surface area contributed by atoms with E-state index in [9.17, 15) is 14.9 Å². The van der Waals surface area contributed by atoms with Crippen molar-refractivity contribution in [3.05, 3.63) is 94.9 Å². The molecule has 1 aliphatic heterocycles. The number of nitrogens with zero attached hydrogens (tertiary/aromatic N) is 5. The number of methoxy groups -OCH3 is 1. The fourth-order valence-electron chi connectivity index (χ4n) is 4.75. The van der Waals surface area contributed by atoms with Gasteiger partial charge in [-0.1, -0.05) is 12.1 Å². The van der Waals surface area contributed by atoms with Crippen LogP contribution in [0.4, 0.5) is 26.0 Å². The van der Waals surface area contributed by atoms with Gasteiger partial charge in [0, 0.05) is 35.6 Å². The molecule has 2 amide bonds. The van der Waals surface area contributed by atoms with Gasteiger partial charge in [0.1, 0.15) is 23.3 Å². The molecular formula is C29H25F2N7O3. The summed E-state index contributed by atoms with van der Waals surface area (Å²) in [5.74, 6) is -3.62. The lowest BCUT2D eigenvalue weighted by Gasteiger charge is -2.34. The highest BCUT2D eigenvalue weighted by Crippen LogP contribution is 2.38. The van der Waals surface area contributed by atoms with Gasteiger partial charge in [-0.15, -0.1) is 0 Å². The molecule has 5 rings (SSSR count). The molecule has 12 heteroatoms. The number of amides is 2. The van der Waals surface area contributed by atoms with Crippen LogP contribution < -0.4 is 20.3 Å². The van der Waals surface area contributed by atoms with Crippen LogP contribution in [0.1, 0.15) is 44.5 Å². The van der Waals surface area contributed by atoms with Crippen LogP contribution >= 0.6 is 0 Å². The first-order valence-corrected chi connectivity index (χ1v) is 12.6. The monoisotopic (exact) mass is 557 g/mol. The molecule has 0 aliphatic carbocycles. The van der Waals surface area contributed by atoms with Crippen molar-refractivity contribution < 1.29 is 23.1 Å². The van der Waals surface area contributed by atoms with Gasteiger partial charge < -0.3 is 20.3 Å². The van der Waals surface area contributed by atoms with E-state index >= 15 is 8.78 Å². The molecule has 1 atom stereocenters. The Bertz CT molecular complexity index is 1680. The molecular weight excluding hydrogens is 532 g/mol. The van der Waals surface area contributed by atoms with Crippen LogP contribution in [-0.4, -0.2) is 46.8 Å². The summed E-state index contributed by atoms with van der Waals surface area (Å²) < 4.78 is 37.2. The molecule has 2 N–H and O–H groups in total. The maximum absolute atomic E-state index is 15.3. The second-order valence-corrected chi connectivity index (χ2v) is 9.40. The molecule has 1 aliphatic rings. The van der Waals surface area contributed by atoms with Crippen LogP contribution in [0.25, 0.3) is 0 Å². The minimum Gasteiger partial charge on any atom is -0.495 e. The Morgan fingerprint density at radius 1 is 1.15 bits per heavy atom.